The first-order chi connectivity index (χ1) is 11.5. The lowest BCUT2D eigenvalue weighted by atomic mass is 10.0. The van der Waals surface area contributed by atoms with Crippen LogP contribution in [0.1, 0.15) is 33.5 Å². The standard InChI is InChI=1S/C18H20N2O4/c1-12(10-13-6-8-14(24-2)9-7-13)11-19-17(21)15-4-3-5-16(20-15)18(22)23/h3-9,12H,10-11H2,1-2H3,(H,19,21)(H,22,23). The summed E-state index contributed by atoms with van der Waals surface area (Å²) in [5.41, 5.74) is 1.11. The van der Waals surface area contributed by atoms with Crippen LogP contribution in [-0.2, 0) is 6.42 Å². The van der Waals surface area contributed by atoms with Crippen LogP contribution >= 0.6 is 0 Å². The average molecular weight is 328 g/mol. The van der Waals surface area contributed by atoms with Gasteiger partial charge in [-0.05, 0) is 42.2 Å². The van der Waals surface area contributed by atoms with Gasteiger partial charge in [0.05, 0.1) is 7.11 Å². The molecule has 1 heterocycles. The van der Waals surface area contributed by atoms with Gasteiger partial charge in [-0.25, -0.2) is 9.78 Å². The van der Waals surface area contributed by atoms with Crippen LogP contribution in [0.15, 0.2) is 42.5 Å². The van der Waals surface area contributed by atoms with Gasteiger partial charge in [-0.1, -0.05) is 25.1 Å². The lowest BCUT2D eigenvalue weighted by Crippen LogP contribution is -2.30. The Hall–Kier alpha value is -2.89. The van der Waals surface area contributed by atoms with Gasteiger partial charge >= 0.3 is 5.97 Å². The predicted octanol–water partition coefficient (Wildman–Crippen LogP) is 2.40. The van der Waals surface area contributed by atoms with Crippen LogP contribution in [0.5, 0.6) is 5.75 Å². The zero-order chi connectivity index (χ0) is 17.5. The molecule has 0 aliphatic rings. The summed E-state index contributed by atoms with van der Waals surface area (Å²) in [5, 5.41) is 11.7. The van der Waals surface area contributed by atoms with Crippen molar-refractivity contribution in [2.45, 2.75) is 13.3 Å². The third-order valence-corrected chi connectivity index (χ3v) is 3.56. The van der Waals surface area contributed by atoms with Crippen molar-refractivity contribution in [3.63, 3.8) is 0 Å². The summed E-state index contributed by atoms with van der Waals surface area (Å²) in [6.45, 7) is 2.51. The van der Waals surface area contributed by atoms with Crippen molar-refractivity contribution in [1.82, 2.24) is 10.3 Å². The molecule has 6 nitrogen and oxygen atoms in total. The molecule has 126 valence electrons. The van der Waals surface area contributed by atoms with Crippen LogP contribution < -0.4 is 10.1 Å². The number of carboxylic acid groups (broad SMARTS) is 1. The predicted molar refractivity (Wildman–Crippen MR) is 89.4 cm³/mol. The molecule has 0 saturated carbocycles. The molecule has 6 heteroatoms. The number of carbonyl (C=O) groups is 2. The molecule has 2 N–H and O–H groups in total. The second-order valence-electron chi connectivity index (χ2n) is 5.58. The quantitative estimate of drug-likeness (QED) is 0.815. The van der Waals surface area contributed by atoms with Crippen LogP contribution in [0, 0.1) is 5.92 Å². The molecule has 0 radical (unpaired) electrons. The largest absolute Gasteiger partial charge is 0.497 e. The Morgan fingerprint density at radius 3 is 2.46 bits per heavy atom. The van der Waals surface area contributed by atoms with E-state index < -0.39 is 5.97 Å². The van der Waals surface area contributed by atoms with Crippen molar-refractivity contribution < 1.29 is 19.4 Å². The van der Waals surface area contributed by atoms with Crippen molar-refractivity contribution in [2.24, 2.45) is 5.92 Å². The van der Waals surface area contributed by atoms with E-state index in [1.165, 1.54) is 18.2 Å². The van der Waals surface area contributed by atoms with Crippen LogP contribution in [0.2, 0.25) is 0 Å². The third kappa shape index (κ3) is 4.81. The van der Waals surface area contributed by atoms with E-state index in [1.807, 2.05) is 31.2 Å². The summed E-state index contributed by atoms with van der Waals surface area (Å²) >= 11 is 0. The number of aromatic nitrogens is 1. The number of nitrogens with one attached hydrogen (secondary N) is 1. The minimum atomic E-state index is -1.16. The van der Waals surface area contributed by atoms with Gasteiger partial charge in [0.25, 0.3) is 5.91 Å². The molecule has 0 bridgehead atoms. The van der Waals surface area contributed by atoms with Crippen molar-refractivity contribution in [3.05, 3.63) is 59.4 Å². The first-order valence-electron chi connectivity index (χ1n) is 7.61. The van der Waals surface area contributed by atoms with Gasteiger partial charge in [-0.3, -0.25) is 4.79 Å². The lowest BCUT2D eigenvalue weighted by molar-refractivity contribution is 0.0690. The van der Waals surface area contributed by atoms with E-state index in [0.29, 0.717) is 6.54 Å². The van der Waals surface area contributed by atoms with Crippen LogP contribution in [0.3, 0.4) is 0 Å². The number of hydrogen-bond donors (Lipinski definition) is 2. The van der Waals surface area contributed by atoms with Crippen molar-refractivity contribution in [2.75, 3.05) is 13.7 Å². The molecule has 0 aliphatic heterocycles. The smallest absolute Gasteiger partial charge is 0.354 e. The number of hydrogen-bond acceptors (Lipinski definition) is 4. The van der Waals surface area contributed by atoms with E-state index in [4.69, 9.17) is 9.84 Å². The fourth-order valence-electron chi connectivity index (χ4n) is 2.27. The van der Waals surface area contributed by atoms with Crippen LogP contribution in [0.4, 0.5) is 0 Å². The Morgan fingerprint density at radius 2 is 1.83 bits per heavy atom. The molecule has 1 aromatic heterocycles. The van der Waals surface area contributed by atoms with E-state index in [9.17, 15) is 9.59 Å². The van der Waals surface area contributed by atoms with Gasteiger partial charge in [0, 0.05) is 6.54 Å². The third-order valence-electron chi connectivity index (χ3n) is 3.56. The second kappa shape index (κ2) is 8.10. The van der Waals surface area contributed by atoms with Gasteiger partial charge in [0.2, 0.25) is 0 Å². The number of rotatable bonds is 7. The maximum absolute atomic E-state index is 12.1. The van der Waals surface area contributed by atoms with Crippen molar-refractivity contribution >= 4 is 11.9 Å². The number of carbonyl (C=O) groups excluding carboxylic acids is 1. The summed E-state index contributed by atoms with van der Waals surface area (Å²) in [6.07, 6.45) is 0.812. The van der Waals surface area contributed by atoms with Crippen molar-refractivity contribution in [3.8, 4) is 5.75 Å². The highest BCUT2D eigenvalue weighted by atomic mass is 16.5. The summed E-state index contributed by atoms with van der Waals surface area (Å²) in [6, 6.07) is 12.2. The molecular formula is C18H20N2O4. The zero-order valence-electron chi connectivity index (χ0n) is 13.7. The molecular weight excluding hydrogens is 308 g/mol. The zero-order valence-corrected chi connectivity index (χ0v) is 13.7. The SMILES string of the molecule is COc1ccc(CC(C)CNC(=O)c2cccc(C(=O)O)n2)cc1. The average Bonchev–Trinajstić information content (AvgIpc) is 2.60. The number of pyridine rings is 1. The Morgan fingerprint density at radius 1 is 1.17 bits per heavy atom. The summed E-state index contributed by atoms with van der Waals surface area (Å²) in [5.74, 6) is -0.494. The Labute approximate surface area is 140 Å². The fourth-order valence-corrected chi connectivity index (χ4v) is 2.27. The molecule has 0 aliphatic carbocycles. The molecule has 0 saturated heterocycles. The number of carboxylic acids is 1. The number of ether oxygens (including phenoxy) is 1. The highest BCUT2D eigenvalue weighted by Crippen LogP contribution is 2.14. The highest BCUT2D eigenvalue weighted by Gasteiger charge is 2.12. The van der Waals surface area contributed by atoms with E-state index in [1.54, 1.807) is 7.11 Å². The van der Waals surface area contributed by atoms with Gasteiger partial charge in [0.15, 0.2) is 0 Å². The molecule has 0 spiro atoms. The molecule has 1 unspecified atom stereocenters. The number of aromatic carboxylic acids is 1. The normalized spacial score (nSPS) is 11.6. The summed E-state index contributed by atoms with van der Waals surface area (Å²) < 4.78 is 5.12. The Kier molecular flexibility index (Phi) is 5.89. The first kappa shape index (κ1) is 17.5. The minimum Gasteiger partial charge on any atom is -0.497 e. The monoisotopic (exact) mass is 328 g/mol. The highest BCUT2D eigenvalue weighted by molar-refractivity contribution is 5.94. The molecule has 1 atom stereocenters. The Balaban J connectivity index is 1.88. The topological polar surface area (TPSA) is 88.5 Å². The van der Waals surface area contributed by atoms with Crippen molar-refractivity contribution in [1.29, 1.82) is 0 Å². The fraction of sp³-hybridized carbons (Fsp3) is 0.278. The Bertz CT molecular complexity index is 713. The number of benzene rings is 1. The molecule has 24 heavy (non-hydrogen) atoms. The van der Waals surface area contributed by atoms with Gasteiger partial charge in [-0.15, -0.1) is 0 Å². The van der Waals surface area contributed by atoms with Gasteiger partial charge in [-0.2, -0.15) is 0 Å². The molecule has 2 rings (SSSR count). The first-order valence-corrected chi connectivity index (χ1v) is 7.61. The van der Waals surface area contributed by atoms with Gasteiger partial charge < -0.3 is 15.2 Å². The second-order valence-corrected chi connectivity index (χ2v) is 5.58. The lowest BCUT2D eigenvalue weighted by Gasteiger charge is -2.13. The minimum absolute atomic E-state index is 0.103. The summed E-state index contributed by atoms with van der Waals surface area (Å²) in [7, 11) is 1.63. The maximum Gasteiger partial charge on any atom is 0.354 e. The number of amides is 1. The summed E-state index contributed by atoms with van der Waals surface area (Å²) in [4.78, 5) is 26.8. The molecule has 2 aromatic rings. The van der Waals surface area contributed by atoms with E-state index in [-0.39, 0.29) is 23.2 Å². The molecule has 0 fully saturated rings. The van der Waals surface area contributed by atoms with E-state index >= 15 is 0 Å². The van der Waals surface area contributed by atoms with E-state index in [2.05, 4.69) is 10.3 Å². The van der Waals surface area contributed by atoms with Crippen LogP contribution in [-0.4, -0.2) is 35.6 Å². The van der Waals surface area contributed by atoms with E-state index in [0.717, 1.165) is 17.7 Å². The number of methoxy groups -OCH3 is 1. The number of nitrogens with zero attached hydrogens (tertiary/aromatic N) is 1. The molecule has 1 amide bonds. The van der Waals surface area contributed by atoms with Gasteiger partial charge in [0.1, 0.15) is 17.1 Å². The molecule has 1 aromatic carbocycles. The van der Waals surface area contributed by atoms with Crippen LogP contribution in [0.25, 0.3) is 0 Å². The maximum atomic E-state index is 12.1.